The highest BCUT2D eigenvalue weighted by atomic mass is 16.2. The fourth-order valence-electron chi connectivity index (χ4n) is 6.28. The van der Waals surface area contributed by atoms with Gasteiger partial charge in [-0.25, -0.2) is 0 Å². The summed E-state index contributed by atoms with van der Waals surface area (Å²) in [4.78, 5) is 14.7. The Hall–Kier alpha value is -0.610. The van der Waals surface area contributed by atoms with Crippen LogP contribution >= 0.6 is 0 Å². The molecule has 1 amide bonds. The van der Waals surface area contributed by atoms with Crippen LogP contribution in [0.1, 0.15) is 38.5 Å². The third-order valence-corrected chi connectivity index (χ3v) is 6.61. The van der Waals surface area contributed by atoms with Gasteiger partial charge < -0.3 is 10.6 Å². The Morgan fingerprint density at radius 2 is 1.81 bits per heavy atom. The molecule has 0 aromatic rings. The summed E-state index contributed by atoms with van der Waals surface area (Å²) in [7, 11) is 1.76. The van der Waals surface area contributed by atoms with Crippen molar-refractivity contribution in [3.63, 3.8) is 0 Å². The summed E-state index contributed by atoms with van der Waals surface area (Å²) < 4.78 is 0. The molecule has 0 aromatic heterocycles. The maximum atomic E-state index is 12.2. The molecule has 1 atom stereocenters. The molecule has 1 unspecified atom stereocenters. The van der Waals surface area contributed by atoms with Gasteiger partial charge in [0, 0.05) is 33.2 Å². The molecule has 21 heavy (non-hydrogen) atoms. The molecule has 4 saturated carbocycles. The number of piperazine rings is 1. The number of carbonyl (C=O) groups excluding carboxylic acids is 1. The van der Waals surface area contributed by atoms with Crippen LogP contribution in [0.15, 0.2) is 0 Å². The molecule has 1 aliphatic heterocycles. The van der Waals surface area contributed by atoms with Gasteiger partial charge in [-0.15, -0.1) is 0 Å². The minimum Gasteiger partial charge on any atom is -0.358 e. The molecule has 0 spiro atoms. The normalized spacial score (nSPS) is 45.8. The molecule has 5 rings (SSSR count). The monoisotopic (exact) mass is 291 g/mol. The van der Waals surface area contributed by atoms with Gasteiger partial charge in [0.1, 0.15) is 6.04 Å². The van der Waals surface area contributed by atoms with E-state index in [0.717, 1.165) is 43.9 Å². The van der Waals surface area contributed by atoms with E-state index in [2.05, 4.69) is 15.5 Å². The number of hydrogen-bond acceptors (Lipinski definition) is 3. The standard InChI is InChI=1S/C17H29N3O/c1-18-16(21)15-10-19-2-3-20(15)11-17-7-12-4-13(8-17)6-14(5-12)9-17/h12-15,19H,2-11H2,1H3,(H,18,21). The summed E-state index contributed by atoms with van der Waals surface area (Å²) >= 11 is 0. The Bertz CT molecular complexity index is 387. The largest absolute Gasteiger partial charge is 0.358 e. The van der Waals surface area contributed by atoms with E-state index in [-0.39, 0.29) is 11.9 Å². The van der Waals surface area contributed by atoms with Crippen molar-refractivity contribution < 1.29 is 4.79 Å². The van der Waals surface area contributed by atoms with Crippen molar-refractivity contribution >= 4 is 5.91 Å². The topological polar surface area (TPSA) is 44.4 Å². The minimum absolute atomic E-state index is 0.0387. The molecule has 2 N–H and O–H groups in total. The van der Waals surface area contributed by atoms with Crippen molar-refractivity contribution in [2.45, 2.75) is 44.6 Å². The van der Waals surface area contributed by atoms with Crippen LogP contribution in [0.2, 0.25) is 0 Å². The summed E-state index contributed by atoms with van der Waals surface area (Å²) in [6.07, 6.45) is 8.80. The first-order valence-electron chi connectivity index (χ1n) is 8.84. The lowest BCUT2D eigenvalue weighted by Crippen LogP contribution is -2.61. The van der Waals surface area contributed by atoms with Gasteiger partial charge in [-0.2, -0.15) is 0 Å². The maximum absolute atomic E-state index is 12.2. The van der Waals surface area contributed by atoms with Crippen LogP contribution in [0.25, 0.3) is 0 Å². The van der Waals surface area contributed by atoms with Crippen molar-refractivity contribution in [2.24, 2.45) is 23.2 Å². The Labute approximate surface area is 128 Å². The van der Waals surface area contributed by atoms with Gasteiger partial charge in [0.25, 0.3) is 0 Å². The molecule has 5 fully saturated rings. The van der Waals surface area contributed by atoms with Crippen LogP contribution in [0.3, 0.4) is 0 Å². The van der Waals surface area contributed by atoms with E-state index in [1.165, 1.54) is 38.5 Å². The predicted molar refractivity (Wildman–Crippen MR) is 82.9 cm³/mol. The van der Waals surface area contributed by atoms with Gasteiger partial charge in [0.15, 0.2) is 0 Å². The number of nitrogens with zero attached hydrogens (tertiary/aromatic N) is 1. The first-order valence-corrected chi connectivity index (χ1v) is 8.84. The van der Waals surface area contributed by atoms with Crippen LogP contribution < -0.4 is 10.6 Å². The van der Waals surface area contributed by atoms with Crippen LogP contribution in [0.5, 0.6) is 0 Å². The molecular formula is C17H29N3O. The molecule has 4 bridgehead atoms. The second-order valence-electron chi connectivity index (χ2n) is 8.22. The quantitative estimate of drug-likeness (QED) is 0.822. The van der Waals surface area contributed by atoms with Gasteiger partial charge in [0.05, 0.1) is 0 Å². The highest BCUT2D eigenvalue weighted by Crippen LogP contribution is 2.60. The Kier molecular flexibility index (Phi) is 3.49. The van der Waals surface area contributed by atoms with E-state index in [1.54, 1.807) is 7.05 Å². The zero-order valence-corrected chi connectivity index (χ0v) is 13.2. The van der Waals surface area contributed by atoms with Gasteiger partial charge in [-0.05, 0) is 61.7 Å². The number of likely N-dealkylation sites (N-methyl/N-ethyl adjacent to an activating group) is 1. The third kappa shape index (κ3) is 2.50. The molecule has 4 heteroatoms. The van der Waals surface area contributed by atoms with Gasteiger partial charge in [-0.3, -0.25) is 9.69 Å². The van der Waals surface area contributed by atoms with E-state index < -0.39 is 0 Å². The minimum atomic E-state index is 0.0387. The van der Waals surface area contributed by atoms with Gasteiger partial charge >= 0.3 is 0 Å². The van der Waals surface area contributed by atoms with Gasteiger partial charge in [-0.1, -0.05) is 0 Å². The summed E-state index contributed by atoms with van der Waals surface area (Å²) in [6.45, 7) is 4.03. The number of hydrogen-bond donors (Lipinski definition) is 2. The molecule has 1 saturated heterocycles. The third-order valence-electron chi connectivity index (χ3n) is 6.61. The fraction of sp³-hybridized carbons (Fsp3) is 0.941. The number of nitrogens with one attached hydrogen (secondary N) is 2. The number of carbonyl (C=O) groups is 1. The van der Waals surface area contributed by atoms with Crippen molar-refractivity contribution in [3.8, 4) is 0 Å². The van der Waals surface area contributed by atoms with Crippen LogP contribution in [0.4, 0.5) is 0 Å². The van der Waals surface area contributed by atoms with Crippen LogP contribution in [-0.2, 0) is 4.79 Å². The van der Waals surface area contributed by atoms with Crippen LogP contribution in [0, 0.1) is 23.2 Å². The van der Waals surface area contributed by atoms with E-state index in [9.17, 15) is 4.79 Å². The van der Waals surface area contributed by atoms with E-state index in [1.807, 2.05) is 0 Å². The van der Waals surface area contributed by atoms with E-state index in [4.69, 9.17) is 0 Å². The molecule has 0 radical (unpaired) electrons. The summed E-state index contributed by atoms with van der Waals surface area (Å²) in [5.41, 5.74) is 0.540. The molecule has 118 valence electrons. The molecule has 0 aromatic carbocycles. The Morgan fingerprint density at radius 3 is 2.38 bits per heavy atom. The lowest BCUT2D eigenvalue weighted by atomic mass is 9.49. The molecule has 4 nitrogen and oxygen atoms in total. The Balaban J connectivity index is 1.50. The lowest BCUT2D eigenvalue weighted by molar-refractivity contribution is -0.129. The fourth-order valence-corrected chi connectivity index (χ4v) is 6.28. The maximum Gasteiger partial charge on any atom is 0.238 e. The van der Waals surface area contributed by atoms with Crippen molar-refractivity contribution in [1.29, 1.82) is 0 Å². The summed E-state index contributed by atoms with van der Waals surface area (Å²) in [5, 5.41) is 6.24. The molecule has 4 aliphatic carbocycles. The SMILES string of the molecule is CNC(=O)C1CNCCN1CC12CC3CC(CC(C3)C1)C2. The summed E-state index contributed by atoms with van der Waals surface area (Å²) in [5.74, 6) is 3.18. The summed E-state index contributed by atoms with van der Waals surface area (Å²) in [6, 6.07) is 0.0387. The zero-order chi connectivity index (χ0) is 14.4. The van der Waals surface area contributed by atoms with Crippen molar-refractivity contribution in [3.05, 3.63) is 0 Å². The second kappa shape index (κ2) is 5.24. The van der Waals surface area contributed by atoms with Crippen molar-refractivity contribution in [2.75, 3.05) is 33.2 Å². The first kappa shape index (κ1) is 14.0. The smallest absolute Gasteiger partial charge is 0.238 e. The Morgan fingerprint density at radius 1 is 1.19 bits per heavy atom. The van der Waals surface area contributed by atoms with Crippen LogP contribution in [-0.4, -0.2) is 50.1 Å². The second-order valence-corrected chi connectivity index (χ2v) is 8.22. The van der Waals surface area contributed by atoms with Gasteiger partial charge in [0.2, 0.25) is 5.91 Å². The average Bonchev–Trinajstić information content (AvgIpc) is 2.45. The molecular weight excluding hydrogens is 262 g/mol. The number of rotatable bonds is 3. The first-order chi connectivity index (χ1) is 10.2. The predicted octanol–water partition coefficient (Wildman–Crippen LogP) is 1.22. The lowest BCUT2D eigenvalue weighted by Gasteiger charge is -2.58. The molecule has 5 aliphatic rings. The molecule has 1 heterocycles. The average molecular weight is 291 g/mol. The zero-order valence-electron chi connectivity index (χ0n) is 13.2. The van der Waals surface area contributed by atoms with Crippen molar-refractivity contribution in [1.82, 2.24) is 15.5 Å². The van der Waals surface area contributed by atoms with E-state index in [0.29, 0.717) is 5.41 Å². The highest BCUT2D eigenvalue weighted by molar-refractivity contribution is 5.81. The highest BCUT2D eigenvalue weighted by Gasteiger charge is 2.51. The van der Waals surface area contributed by atoms with E-state index >= 15 is 0 Å². The number of amides is 1.